The summed E-state index contributed by atoms with van der Waals surface area (Å²) in [6.45, 7) is -0.273. The molecular formula is C24H20N2O3S. The van der Waals surface area contributed by atoms with Crippen molar-refractivity contribution in [2.45, 2.75) is 19.3 Å². The number of aromatic nitrogens is 1. The predicted molar refractivity (Wildman–Crippen MR) is 119 cm³/mol. The van der Waals surface area contributed by atoms with Crippen molar-refractivity contribution >= 4 is 45.8 Å². The minimum Gasteiger partial charge on any atom is -0.452 e. The average Bonchev–Trinajstić information content (AvgIpc) is 3.28. The number of carbonyl (C=O) groups excluding carboxylic acids is 2. The number of amides is 1. The first-order chi connectivity index (χ1) is 14.7. The van der Waals surface area contributed by atoms with Gasteiger partial charge >= 0.3 is 5.97 Å². The lowest BCUT2D eigenvalue weighted by atomic mass is 9.86. The van der Waals surface area contributed by atoms with Crippen molar-refractivity contribution < 1.29 is 14.3 Å². The number of carbonyl (C=O) groups is 2. The lowest BCUT2D eigenvalue weighted by Gasteiger charge is -2.22. The van der Waals surface area contributed by atoms with Crippen molar-refractivity contribution in [1.82, 2.24) is 10.3 Å². The maximum absolute atomic E-state index is 13.0. The second-order valence-electron chi connectivity index (χ2n) is 6.93. The van der Waals surface area contributed by atoms with Crippen LogP contribution >= 0.6 is 11.3 Å². The second-order valence-corrected chi connectivity index (χ2v) is 7.91. The molecule has 4 rings (SSSR count). The Bertz CT molecular complexity index is 1170. The first-order valence-electron chi connectivity index (χ1n) is 9.70. The fourth-order valence-electron chi connectivity index (χ4n) is 3.66. The van der Waals surface area contributed by atoms with Gasteiger partial charge in [0.25, 0.3) is 5.91 Å². The molecule has 5 nitrogen and oxygen atoms in total. The van der Waals surface area contributed by atoms with Gasteiger partial charge in [0.05, 0.1) is 23.3 Å². The molecule has 0 fully saturated rings. The van der Waals surface area contributed by atoms with Gasteiger partial charge in [0, 0.05) is 10.3 Å². The quantitative estimate of drug-likeness (QED) is 0.503. The zero-order valence-electron chi connectivity index (χ0n) is 16.3. The number of benzene rings is 1. The fourth-order valence-corrected chi connectivity index (χ4v) is 4.34. The zero-order chi connectivity index (χ0) is 20.9. The van der Waals surface area contributed by atoms with Crippen LogP contribution in [-0.2, 0) is 16.0 Å². The number of thiophene rings is 1. The molecule has 0 atom stereocenters. The summed E-state index contributed by atoms with van der Waals surface area (Å²) in [5.74, 6) is 1.38. The number of ether oxygens (including phenoxy) is 1. The van der Waals surface area contributed by atoms with E-state index in [1.807, 2.05) is 35.7 Å². The van der Waals surface area contributed by atoms with E-state index >= 15 is 0 Å². The highest BCUT2D eigenvalue weighted by atomic mass is 32.1. The number of hydrogen-bond acceptors (Lipinski definition) is 5. The molecule has 0 radical (unpaired) electrons. The molecule has 1 amide bonds. The van der Waals surface area contributed by atoms with E-state index in [-0.39, 0.29) is 13.2 Å². The van der Waals surface area contributed by atoms with E-state index in [0.29, 0.717) is 5.56 Å². The van der Waals surface area contributed by atoms with Gasteiger partial charge in [-0.3, -0.25) is 4.79 Å². The van der Waals surface area contributed by atoms with Crippen LogP contribution in [0.1, 0.15) is 39.3 Å². The lowest BCUT2D eigenvalue weighted by molar-refractivity contribution is -0.123. The first kappa shape index (κ1) is 19.9. The maximum atomic E-state index is 13.0. The Morgan fingerprint density at radius 1 is 1.23 bits per heavy atom. The highest BCUT2D eigenvalue weighted by Crippen LogP contribution is 2.36. The number of hydrogen-bond donors (Lipinski definition) is 1. The number of nitrogens with one attached hydrogen (secondary N) is 1. The van der Waals surface area contributed by atoms with Crippen LogP contribution < -0.4 is 5.32 Å². The largest absolute Gasteiger partial charge is 0.452 e. The highest BCUT2D eigenvalue weighted by molar-refractivity contribution is 7.10. The van der Waals surface area contributed by atoms with E-state index in [4.69, 9.17) is 16.1 Å². The summed E-state index contributed by atoms with van der Waals surface area (Å²) in [4.78, 5) is 30.9. The molecule has 6 heteroatoms. The van der Waals surface area contributed by atoms with Gasteiger partial charge in [-0.25, -0.2) is 9.78 Å². The van der Waals surface area contributed by atoms with E-state index < -0.39 is 11.9 Å². The molecule has 1 N–H and O–H groups in total. The third kappa shape index (κ3) is 4.12. The van der Waals surface area contributed by atoms with Crippen LogP contribution in [0.5, 0.6) is 0 Å². The normalized spacial score (nSPS) is 14.2. The van der Waals surface area contributed by atoms with Gasteiger partial charge in [-0.1, -0.05) is 30.2 Å². The Balaban J connectivity index is 1.75. The van der Waals surface area contributed by atoms with Crippen molar-refractivity contribution in [3.05, 3.63) is 63.5 Å². The van der Waals surface area contributed by atoms with Crippen LogP contribution in [0.3, 0.4) is 0 Å². The van der Waals surface area contributed by atoms with Crippen LogP contribution in [0.4, 0.5) is 0 Å². The molecule has 30 heavy (non-hydrogen) atoms. The molecular weight excluding hydrogens is 396 g/mol. The van der Waals surface area contributed by atoms with Crippen molar-refractivity contribution in [1.29, 1.82) is 0 Å². The molecule has 0 unspecified atom stereocenters. The molecule has 0 saturated heterocycles. The Hall–Kier alpha value is -3.43. The van der Waals surface area contributed by atoms with Crippen LogP contribution in [0.2, 0.25) is 0 Å². The summed E-state index contributed by atoms with van der Waals surface area (Å²) in [6, 6.07) is 11.6. The summed E-state index contributed by atoms with van der Waals surface area (Å²) in [7, 11) is 0. The van der Waals surface area contributed by atoms with Gasteiger partial charge in [-0.2, -0.15) is 0 Å². The Morgan fingerprint density at radius 2 is 2.10 bits per heavy atom. The van der Waals surface area contributed by atoms with E-state index in [9.17, 15) is 9.59 Å². The Kier molecular flexibility index (Phi) is 5.92. The van der Waals surface area contributed by atoms with Crippen molar-refractivity contribution in [2.75, 3.05) is 13.2 Å². The number of pyridine rings is 1. The highest BCUT2D eigenvalue weighted by Gasteiger charge is 2.26. The standard InChI is InChI=1S/C24H20N2O3S/c1-2-12-25-21(27)15-29-24(28)22-18-9-3-4-11-20(18)26-23-16(7-5-10-19(22)23)14-17-8-6-13-30-17/h1,3-4,6,8-9,11,13-14H,5,7,10,12,15H2,(H,25,27)/b16-14-. The van der Waals surface area contributed by atoms with E-state index in [1.165, 1.54) is 0 Å². The minimum atomic E-state index is -0.516. The monoisotopic (exact) mass is 416 g/mol. The van der Waals surface area contributed by atoms with Gasteiger partial charge in [-0.05, 0) is 54.0 Å². The molecule has 2 heterocycles. The number of allylic oxidation sites excluding steroid dienone is 1. The molecule has 0 aliphatic heterocycles. The minimum absolute atomic E-state index is 0.0981. The summed E-state index contributed by atoms with van der Waals surface area (Å²) in [6.07, 6.45) is 9.85. The molecule has 0 bridgehead atoms. The van der Waals surface area contributed by atoms with Gasteiger partial charge in [0.2, 0.25) is 0 Å². The number of rotatable bonds is 5. The lowest BCUT2D eigenvalue weighted by Crippen LogP contribution is -2.29. The van der Waals surface area contributed by atoms with Crippen LogP contribution in [0.25, 0.3) is 22.6 Å². The third-order valence-corrected chi connectivity index (χ3v) is 5.78. The van der Waals surface area contributed by atoms with E-state index in [2.05, 4.69) is 23.4 Å². The molecule has 3 aromatic rings. The van der Waals surface area contributed by atoms with Crippen LogP contribution in [0, 0.1) is 12.3 Å². The van der Waals surface area contributed by atoms with Crippen LogP contribution in [0.15, 0.2) is 41.8 Å². The fraction of sp³-hybridized carbons (Fsp3) is 0.208. The Morgan fingerprint density at radius 3 is 2.90 bits per heavy atom. The van der Waals surface area contributed by atoms with Crippen LogP contribution in [-0.4, -0.2) is 30.0 Å². The van der Waals surface area contributed by atoms with Gasteiger partial charge in [0.15, 0.2) is 6.61 Å². The van der Waals surface area contributed by atoms with Gasteiger partial charge in [-0.15, -0.1) is 17.8 Å². The summed E-state index contributed by atoms with van der Waals surface area (Å²) in [5, 5.41) is 5.28. The maximum Gasteiger partial charge on any atom is 0.339 e. The number of fused-ring (bicyclic) bond motifs is 2. The van der Waals surface area contributed by atoms with Gasteiger partial charge in [0.1, 0.15) is 0 Å². The van der Waals surface area contributed by atoms with Crippen molar-refractivity contribution in [3.8, 4) is 12.3 Å². The zero-order valence-corrected chi connectivity index (χ0v) is 17.1. The number of nitrogens with zero attached hydrogens (tertiary/aromatic N) is 1. The molecule has 0 saturated carbocycles. The first-order valence-corrected chi connectivity index (χ1v) is 10.6. The number of terminal acetylenes is 1. The number of esters is 1. The third-order valence-electron chi connectivity index (χ3n) is 4.96. The number of para-hydroxylation sites is 1. The molecule has 1 aliphatic carbocycles. The Labute approximate surface area is 178 Å². The predicted octanol–water partition coefficient (Wildman–Crippen LogP) is 4.08. The molecule has 2 aromatic heterocycles. The van der Waals surface area contributed by atoms with Crippen molar-refractivity contribution in [2.24, 2.45) is 0 Å². The van der Waals surface area contributed by atoms with Gasteiger partial charge < -0.3 is 10.1 Å². The van der Waals surface area contributed by atoms with E-state index in [0.717, 1.165) is 51.9 Å². The molecule has 150 valence electrons. The summed E-state index contributed by atoms with van der Waals surface area (Å²) >= 11 is 1.67. The van der Waals surface area contributed by atoms with Crippen molar-refractivity contribution in [3.63, 3.8) is 0 Å². The molecule has 1 aromatic carbocycles. The van der Waals surface area contributed by atoms with E-state index in [1.54, 1.807) is 11.3 Å². The molecule has 1 aliphatic rings. The summed E-state index contributed by atoms with van der Waals surface area (Å²) in [5.41, 5.74) is 4.08. The topological polar surface area (TPSA) is 68.3 Å². The smallest absolute Gasteiger partial charge is 0.339 e. The molecule has 0 spiro atoms. The summed E-state index contributed by atoms with van der Waals surface area (Å²) < 4.78 is 5.34. The average molecular weight is 417 g/mol. The SMILES string of the molecule is C#CCNC(=O)COC(=O)c1c2c(nc3ccccc13)/C(=C\c1cccs1)CCC2. The second kappa shape index (κ2) is 8.93.